The van der Waals surface area contributed by atoms with E-state index in [1.807, 2.05) is 23.1 Å². The van der Waals surface area contributed by atoms with Gasteiger partial charge in [0.25, 0.3) is 0 Å². The van der Waals surface area contributed by atoms with Gasteiger partial charge in [0.15, 0.2) is 0 Å². The van der Waals surface area contributed by atoms with Gasteiger partial charge in [0.1, 0.15) is 5.75 Å². The molecule has 24 heavy (non-hydrogen) atoms. The molecule has 1 fully saturated rings. The lowest BCUT2D eigenvalue weighted by molar-refractivity contribution is -0.129. The highest BCUT2D eigenvalue weighted by Crippen LogP contribution is 2.15. The van der Waals surface area contributed by atoms with E-state index in [4.69, 9.17) is 4.74 Å². The van der Waals surface area contributed by atoms with Crippen molar-refractivity contribution in [2.24, 2.45) is 0 Å². The number of hydrogen-bond donors (Lipinski definition) is 1. The van der Waals surface area contributed by atoms with Gasteiger partial charge in [-0.3, -0.25) is 10.1 Å². The summed E-state index contributed by atoms with van der Waals surface area (Å²) in [5.74, 6) is 0.652. The van der Waals surface area contributed by atoms with Crippen LogP contribution in [0.25, 0.3) is 0 Å². The Labute approximate surface area is 141 Å². The van der Waals surface area contributed by atoms with Gasteiger partial charge < -0.3 is 9.64 Å². The van der Waals surface area contributed by atoms with Crippen LogP contribution in [-0.4, -0.2) is 30.0 Å². The van der Waals surface area contributed by atoms with Crippen molar-refractivity contribution in [3.63, 3.8) is 0 Å². The Morgan fingerprint density at radius 1 is 0.958 bits per heavy atom. The molecule has 2 aromatic rings. The van der Waals surface area contributed by atoms with Gasteiger partial charge in [-0.05, 0) is 42.7 Å². The summed E-state index contributed by atoms with van der Waals surface area (Å²) in [4.78, 5) is 25.8. The standard InChI is InChI=1S/C19H20N2O3/c22-18(21-12-4-5-13-21)14-15-8-10-16(11-9-15)20-19(23)24-17-6-2-1-3-7-17/h1-3,6-11H,4-5,12-14H2,(H,20,23). The van der Waals surface area contributed by atoms with Gasteiger partial charge >= 0.3 is 6.09 Å². The highest BCUT2D eigenvalue weighted by molar-refractivity contribution is 5.86. The summed E-state index contributed by atoms with van der Waals surface area (Å²) < 4.78 is 5.17. The summed E-state index contributed by atoms with van der Waals surface area (Å²) in [7, 11) is 0. The molecule has 0 atom stereocenters. The molecule has 5 nitrogen and oxygen atoms in total. The number of nitrogens with zero attached hydrogens (tertiary/aromatic N) is 1. The molecule has 0 spiro atoms. The van der Waals surface area contributed by atoms with Crippen LogP contribution in [0, 0.1) is 0 Å². The number of ether oxygens (including phenoxy) is 1. The first kappa shape index (κ1) is 16.1. The minimum atomic E-state index is -0.540. The summed E-state index contributed by atoms with van der Waals surface area (Å²) >= 11 is 0. The van der Waals surface area contributed by atoms with E-state index in [0.717, 1.165) is 31.5 Å². The number of likely N-dealkylation sites (tertiary alicyclic amines) is 1. The second-order valence-corrected chi connectivity index (χ2v) is 5.79. The summed E-state index contributed by atoms with van der Waals surface area (Å²) in [6, 6.07) is 16.1. The van der Waals surface area contributed by atoms with Crippen LogP contribution in [0.1, 0.15) is 18.4 Å². The molecule has 1 heterocycles. The largest absolute Gasteiger partial charge is 0.417 e. The molecule has 1 N–H and O–H groups in total. The Bertz CT molecular complexity index is 692. The minimum Gasteiger partial charge on any atom is -0.410 e. The lowest BCUT2D eigenvalue weighted by Crippen LogP contribution is -2.29. The van der Waals surface area contributed by atoms with Crippen LogP contribution in [0.3, 0.4) is 0 Å². The van der Waals surface area contributed by atoms with Crippen molar-refractivity contribution >= 4 is 17.7 Å². The molecule has 1 aliphatic heterocycles. The number of carbonyl (C=O) groups is 2. The molecule has 5 heteroatoms. The maximum absolute atomic E-state index is 12.1. The van der Waals surface area contributed by atoms with Gasteiger partial charge in [-0.15, -0.1) is 0 Å². The zero-order valence-electron chi connectivity index (χ0n) is 13.4. The predicted molar refractivity (Wildman–Crippen MR) is 92.0 cm³/mol. The fourth-order valence-corrected chi connectivity index (χ4v) is 2.70. The minimum absolute atomic E-state index is 0.164. The highest BCUT2D eigenvalue weighted by Gasteiger charge is 2.17. The molecule has 0 radical (unpaired) electrons. The van der Waals surface area contributed by atoms with Crippen molar-refractivity contribution < 1.29 is 14.3 Å². The zero-order chi connectivity index (χ0) is 16.8. The molecule has 1 aliphatic rings. The number of benzene rings is 2. The van der Waals surface area contributed by atoms with E-state index in [1.54, 1.807) is 36.4 Å². The molecule has 124 valence electrons. The molecule has 3 rings (SSSR count). The quantitative estimate of drug-likeness (QED) is 0.937. The Morgan fingerprint density at radius 2 is 1.62 bits per heavy atom. The van der Waals surface area contributed by atoms with E-state index in [1.165, 1.54) is 0 Å². The number of anilines is 1. The molecule has 2 amide bonds. The number of carbonyl (C=O) groups excluding carboxylic acids is 2. The summed E-state index contributed by atoms with van der Waals surface area (Å²) in [6.45, 7) is 1.73. The van der Waals surface area contributed by atoms with Gasteiger partial charge in [-0.2, -0.15) is 0 Å². The number of amides is 2. The number of rotatable bonds is 4. The fourth-order valence-electron chi connectivity index (χ4n) is 2.70. The van der Waals surface area contributed by atoms with Crippen LogP contribution >= 0.6 is 0 Å². The summed E-state index contributed by atoms with van der Waals surface area (Å²) in [6.07, 6.45) is 2.05. The topological polar surface area (TPSA) is 58.6 Å². The molecule has 0 aliphatic carbocycles. The van der Waals surface area contributed by atoms with E-state index >= 15 is 0 Å². The van der Waals surface area contributed by atoms with Crippen LogP contribution in [0.5, 0.6) is 5.75 Å². The summed E-state index contributed by atoms with van der Waals surface area (Å²) in [5, 5.41) is 2.67. The van der Waals surface area contributed by atoms with E-state index in [-0.39, 0.29) is 5.91 Å². The Balaban J connectivity index is 1.52. The molecule has 1 saturated heterocycles. The van der Waals surface area contributed by atoms with Crippen molar-refractivity contribution in [2.75, 3.05) is 18.4 Å². The first-order valence-corrected chi connectivity index (χ1v) is 8.11. The van der Waals surface area contributed by atoms with Gasteiger partial charge in [0.2, 0.25) is 5.91 Å². The average Bonchev–Trinajstić information content (AvgIpc) is 3.12. The lowest BCUT2D eigenvalue weighted by atomic mass is 10.1. The Kier molecular flexibility index (Phi) is 5.11. The third-order valence-electron chi connectivity index (χ3n) is 3.97. The third kappa shape index (κ3) is 4.35. The van der Waals surface area contributed by atoms with Crippen LogP contribution in [0.4, 0.5) is 10.5 Å². The first-order valence-electron chi connectivity index (χ1n) is 8.11. The van der Waals surface area contributed by atoms with Crippen LogP contribution in [0.2, 0.25) is 0 Å². The lowest BCUT2D eigenvalue weighted by Gasteiger charge is -2.15. The van der Waals surface area contributed by atoms with Crippen LogP contribution in [0.15, 0.2) is 54.6 Å². The second kappa shape index (κ2) is 7.64. The molecule has 0 unspecified atom stereocenters. The SMILES string of the molecule is O=C(Nc1ccc(CC(=O)N2CCCC2)cc1)Oc1ccccc1. The maximum Gasteiger partial charge on any atom is 0.417 e. The number of para-hydroxylation sites is 1. The van der Waals surface area contributed by atoms with E-state index in [2.05, 4.69) is 5.32 Å². The van der Waals surface area contributed by atoms with Crippen molar-refractivity contribution in [1.29, 1.82) is 0 Å². The van der Waals surface area contributed by atoms with Crippen molar-refractivity contribution in [2.45, 2.75) is 19.3 Å². The van der Waals surface area contributed by atoms with Crippen molar-refractivity contribution in [3.8, 4) is 5.75 Å². The zero-order valence-corrected chi connectivity index (χ0v) is 13.4. The second-order valence-electron chi connectivity index (χ2n) is 5.79. The molecular formula is C19H20N2O3. The van der Waals surface area contributed by atoms with E-state index in [0.29, 0.717) is 17.9 Å². The molecule has 0 bridgehead atoms. The first-order chi connectivity index (χ1) is 11.7. The Hall–Kier alpha value is -2.82. The van der Waals surface area contributed by atoms with Gasteiger partial charge in [-0.1, -0.05) is 30.3 Å². The number of hydrogen-bond acceptors (Lipinski definition) is 3. The van der Waals surface area contributed by atoms with Crippen molar-refractivity contribution in [3.05, 3.63) is 60.2 Å². The van der Waals surface area contributed by atoms with Gasteiger partial charge in [0.05, 0.1) is 6.42 Å². The molecule has 0 aromatic heterocycles. The number of nitrogens with one attached hydrogen (secondary N) is 1. The molecular weight excluding hydrogens is 304 g/mol. The third-order valence-corrected chi connectivity index (χ3v) is 3.97. The monoisotopic (exact) mass is 324 g/mol. The average molecular weight is 324 g/mol. The van der Waals surface area contributed by atoms with E-state index < -0.39 is 6.09 Å². The summed E-state index contributed by atoms with van der Waals surface area (Å²) in [5.41, 5.74) is 1.57. The van der Waals surface area contributed by atoms with Gasteiger partial charge in [-0.25, -0.2) is 4.79 Å². The molecule has 0 saturated carbocycles. The Morgan fingerprint density at radius 3 is 2.29 bits per heavy atom. The normalized spacial score (nSPS) is 13.6. The van der Waals surface area contributed by atoms with E-state index in [9.17, 15) is 9.59 Å². The van der Waals surface area contributed by atoms with Gasteiger partial charge in [0, 0.05) is 18.8 Å². The fraction of sp³-hybridized carbons (Fsp3) is 0.263. The molecule has 2 aromatic carbocycles. The maximum atomic E-state index is 12.1. The van der Waals surface area contributed by atoms with Crippen LogP contribution < -0.4 is 10.1 Å². The van der Waals surface area contributed by atoms with Crippen LogP contribution in [-0.2, 0) is 11.2 Å². The highest BCUT2D eigenvalue weighted by atomic mass is 16.6. The smallest absolute Gasteiger partial charge is 0.410 e. The predicted octanol–water partition coefficient (Wildman–Crippen LogP) is 3.46. The van der Waals surface area contributed by atoms with Crippen molar-refractivity contribution in [1.82, 2.24) is 4.90 Å².